The molecule has 0 N–H and O–H groups in total. The van der Waals surface area contributed by atoms with E-state index in [0.717, 1.165) is 33.4 Å². The summed E-state index contributed by atoms with van der Waals surface area (Å²) < 4.78 is 5.43. The molecule has 0 aliphatic carbocycles. The van der Waals surface area contributed by atoms with Crippen molar-refractivity contribution in [2.45, 2.75) is 40.4 Å². The second-order valence-corrected chi connectivity index (χ2v) is 9.82. The molecule has 0 saturated heterocycles. The predicted molar refractivity (Wildman–Crippen MR) is 135 cm³/mol. The quantitative estimate of drug-likeness (QED) is 0.247. The highest BCUT2D eigenvalue weighted by Crippen LogP contribution is 2.33. The molecule has 0 amide bonds. The van der Waals surface area contributed by atoms with E-state index in [9.17, 15) is 0 Å². The summed E-state index contributed by atoms with van der Waals surface area (Å²) in [6.45, 7) is 7.71. The van der Waals surface area contributed by atoms with E-state index in [2.05, 4.69) is 35.7 Å². The van der Waals surface area contributed by atoms with Gasteiger partial charge in [0.1, 0.15) is 15.5 Å². The third-order valence-corrected chi connectivity index (χ3v) is 8.21. The van der Waals surface area contributed by atoms with Gasteiger partial charge in [0.15, 0.2) is 15.5 Å². The smallest absolute Gasteiger partial charge is 0.166 e. The normalized spacial score (nSPS) is 11.5. The Bertz CT molecular complexity index is 1170. The molecule has 4 rings (SSSR count). The topological polar surface area (TPSA) is 53.5 Å². The van der Waals surface area contributed by atoms with E-state index in [1.807, 2.05) is 13.7 Å². The van der Waals surface area contributed by atoms with Gasteiger partial charge in [-0.2, -0.15) is 0 Å². The third-order valence-electron chi connectivity index (χ3n) is 5.90. The molecule has 4 aromatic rings. The Kier molecular flexibility index (Phi) is 7.25. The van der Waals surface area contributed by atoms with Crippen LogP contribution >= 0.6 is 69.6 Å². The van der Waals surface area contributed by atoms with Crippen molar-refractivity contribution in [3.63, 3.8) is 0 Å². The molecule has 12 heteroatoms. The van der Waals surface area contributed by atoms with E-state index >= 15 is 0 Å². The Balaban J connectivity index is 1.88. The number of imidazole rings is 3. The molecule has 6 nitrogen and oxygen atoms in total. The average molecular weight is 567 g/mol. The number of rotatable bonds is 6. The lowest BCUT2D eigenvalue weighted by Crippen LogP contribution is -2.14. The van der Waals surface area contributed by atoms with Crippen molar-refractivity contribution in [3.8, 4) is 0 Å². The zero-order chi connectivity index (χ0) is 24.0. The minimum atomic E-state index is 0.263. The number of nitrogens with zero attached hydrogens (tertiary/aromatic N) is 6. The summed E-state index contributed by atoms with van der Waals surface area (Å²) in [6.07, 6.45) is 4.88. The maximum Gasteiger partial charge on any atom is 0.166 e. The Morgan fingerprint density at radius 1 is 0.515 bits per heavy atom. The van der Waals surface area contributed by atoms with Crippen LogP contribution in [0.2, 0.25) is 30.9 Å². The maximum absolute atomic E-state index is 6.36. The lowest BCUT2D eigenvalue weighted by atomic mass is 9.87. The second-order valence-electron chi connectivity index (χ2n) is 7.67. The average Bonchev–Trinajstić information content (AvgIpc) is 3.39. The molecule has 1 aromatic carbocycles. The summed E-state index contributed by atoms with van der Waals surface area (Å²) >= 11 is 37.3. The predicted octanol–water partition coefficient (Wildman–Crippen LogP) is 7.27. The summed E-state index contributed by atoms with van der Waals surface area (Å²) in [7, 11) is 0. The molecular weight excluding hydrogens is 549 g/mol. The van der Waals surface area contributed by atoms with Crippen LogP contribution in [0.5, 0.6) is 0 Å². The van der Waals surface area contributed by atoms with Gasteiger partial charge < -0.3 is 13.7 Å². The summed E-state index contributed by atoms with van der Waals surface area (Å²) in [6, 6.07) is 0. The van der Waals surface area contributed by atoms with Gasteiger partial charge in [-0.15, -0.1) is 0 Å². The van der Waals surface area contributed by atoms with Crippen molar-refractivity contribution in [1.82, 2.24) is 28.7 Å². The highest BCUT2D eigenvalue weighted by molar-refractivity contribution is 6.41. The molecule has 0 aliphatic rings. The van der Waals surface area contributed by atoms with Gasteiger partial charge in [0.05, 0.1) is 38.6 Å². The molecule has 0 bridgehead atoms. The first-order valence-corrected chi connectivity index (χ1v) is 12.1. The van der Waals surface area contributed by atoms with E-state index < -0.39 is 0 Å². The second kappa shape index (κ2) is 9.68. The summed E-state index contributed by atoms with van der Waals surface area (Å²) in [5.41, 5.74) is 6.57. The minimum Gasteiger partial charge on any atom is -0.316 e. The molecule has 33 heavy (non-hydrogen) atoms. The number of benzene rings is 1. The van der Waals surface area contributed by atoms with Crippen LogP contribution < -0.4 is 0 Å². The first-order chi connectivity index (χ1) is 15.6. The highest BCUT2D eigenvalue weighted by atomic mass is 35.5. The molecule has 3 heterocycles. The van der Waals surface area contributed by atoms with Gasteiger partial charge in [-0.05, 0) is 54.2 Å². The van der Waals surface area contributed by atoms with Gasteiger partial charge in [0.2, 0.25) is 0 Å². The molecule has 174 valence electrons. The summed E-state index contributed by atoms with van der Waals surface area (Å²) in [4.78, 5) is 12.3. The van der Waals surface area contributed by atoms with Crippen LogP contribution in [0.1, 0.15) is 33.4 Å². The van der Waals surface area contributed by atoms with Gasteiger partial charge in [-0.1, -0.05) is 69.6 Å². The molecule has 0 spiro atoms. The minimum absolute atomic E-state index is 0.263. The summed E-state index contributed by atoms with van der Waals surface area (Å²) in [5.74, 6) is 0. The Morgan fingerprint density at radius 3 is 0.939 bits per heavy atom. The van der Waals surface area contributed by atoms with E-state index in [1.165, 1.54) is 0 Å². The molecule has 0 unspecified atom stereocenters. The van der Waals surface area contributed by atoms with Gasteiger partial charge in [-0.25, -0.2) is 15.0 Å². The monoisotopic (exact) mass is 564 g/mol. The van der Waals surface area contributed by atoms with Crippen molar-refractivity contribution in [2.24, 2.45) is 0 Å². The van der Waals surface area contributed by atoms with Crippen LogP contribution in [0.4, 0.5) is 0 Å². The number of halogens is 6. The van der Waals surface area contributed by atoms with Crippen LogP contribution in [0.25, 0.3) is 0 Å². The van der Waals surface area contributed by atoms with Crippen molar-refractivity contribution in [2.75, 3.05) is 0 Å². The Hall–Kier alpha value is -1.41. The van der Waals surface area contributed by atoms with Crippen molar-refractivity contribution < 1.29 is 0 Å². The van der Waals surface area contributed by atoms with Crippen LogP contribution in [-0.4, -0.2) is 28.7 Å². The fourth-order valence-corrected chi connectivity index (χ4v) is 4.89. The van der Waals surface area contributed by atoms with Crippen LogP contribution in [0.15, 0.2) is 19.0 Å². The molecule has 0 saturated carbocycles. The van der Waals surface area contributed by atoms with Gasteiger partial charge >= 0.3 is 0 Å². The van der Waals surface area contributed by atoms with Gasteiger partial charge in [0, 0.05) is 0 Å². The molecule has 0 aliphatic heterocycles. The van der Waals surface area contributed by atoms with Crippen molar-refractivity contribution >= 4 is 69.6 Å². The van der Waals surface area contributed by atoms with Crippen LogP contribution in [0, 0.1) is 20.8 Å². The van der Waals surface area contributed by atoms with Crippen LogP contribution in [0.3, 0.4) is 0 Å². The van der Waals surface area contributed by atoms with E-state index in [1.54, 1.807) is 19.0 Å². The maximum atomic E-state index is 6.36. The largest absolute Gasteiger partial charge is 0.316 e. The first-order valence-electron chi connectivity index (χ1n) is 9.78. The standard InChI is InChI=1S/C21H18Cl6N6/c1-10-13(4-31-7-28-16(22)19(31)25)11(2)15(6-33-9-30-18(24)21(33)27)12(3)14(10)5-32-8-29-17(23)20(32)26/h7-9H,4-6H2,1-3H3. The summed E-state index contributed by atoms with van der Waals surface area (Å²) in [5, 5.41) is 1.94. The van der Waals surface area contributed by atoms with E-state index in [0.29, 0.717) is 35.1 Å². The van der Waals surface area contributed by atoms with Crippen molar-refractivity contribution in [1.29, 1.82) is 0 Å². The molecule has 0 atom stereocenters. The molecule has 0 radical (unpaired) electrons. The fourth-order valence-electron chi connectivity index (χ4n) is 3.97. The lowest BCUT2D eigenvalue weighted by molar-refractivity contribution is 0.737. The SMILES string of the molecule is Cc1c(Cn2cnc(Cl)c2Cl)c(C)c(Cn2cnc(Cl)c2Cl)c(C)c1Cn1cnc(Cl)c1Cl. The molecule has 0 fully saturated rings. The molecular formula is C21H18Cl6N6. The fraction of sp³-hybridized carbons (Fsp3) is 0.286. The number of hydrogen-bond donors (Lipinski definition) is 0. The van der Waals surface area contributed by atoms with E-state index in [-0.39, 0.29) is 15.5 Å². The number of aromatic nitrogens is 6. The highest BCUT2D eigenvalue weighted by Gasteiger charge is 2.21. The zero-order valence-corrected chi connectivity index (χ0v) is 22.3. The van der Waals surface area contributed by atoms with Gasteiger partial charge in [-0.3, -0.25) is 0 Å². The lowest BCUT2D eigenvalue weighted by Gasteiger charge is -2.24. The first kappa shape index (κ1) is 24.7. The molecule has 3 aromatic heterocycles. The van der Waals surface area contributed by atoms with Crippen molar-refractivity contribution in [3.05, 3.63) is 83.3 Å². The third kappa shape index (κ3) is 4.62. The Morgan fingerprint density at radius 2 is 0.758 bits per heavy atom. The number of hydrogen-bond acceptors (Lipinski definition) is 3. The van der Waals surface area contributed by atoms with E-state index in [4.69, 9.17) is 69.6 Å². The Labute approximate surface area is 221 Å². The zero-order valence-electron chi connectivity index (χ0n) is 17.8. The van der Waals surface area contributed by atoms with Gasteiger partial charge in [0.25, 0.3) is 0 Å². The van der Waals surface area contributed by atoms with Crippen LogP contribution in [-0.2, 0) is 19.6 Å².